The van der Waals surface area contributed by atoms with E-state index in [2.05, 4.69) is 22.2 Å². The SMILES string of the molecule is CCC(C)(N)c1cnc(OC2CC2)c2cnc(Nc3ccc4c(n3)C(C)(C)COC4=O)cc12. The van der Waals surface area contributed by atoms with E-state index >= 15 is 0 Å². The van der Waals surface area contributed by atoms with Gasteiger partial charge in [-0.2, -0.15) is 0 Å². The van der Waals surface area contributed by atoms with Crippen molar-refractivity contribution in [1.82, 2.24) is 15.0 Å². The molecule has 0 saturated heterocycles. The molecule has 0 radical (unpaired) electrons. The third kappa shape index (κ3) is 3.99. The summed E-state index contributed by atoms with van der Waals surface area (Å²) in [4.78, 5) is 26.0. The number of hydrogen-bond donors (Lipinski definition) is 2. The van der Waals surface area contributed by atoms with Crippen molar-refractivity contribution in [2.75, 3.05) is 11.9 Å². The van der Waals surface area contributed by atoms with Crippen molar-refractivity contribution in [2.24, 2.45) is 5.73 Å². The lowest BCUT2D eigenvalue weighted by molar-refractivity contribution is 0.0366. The third-order valence-corrected chi connectivity index (χ3v) is 6.46. The van der Waals surface area contributed by atoms with Crippen LogP contribution in [-0.2, 0) is 15.7 Å². The molecular weight excluding hydrogens is 418 g/mol. The lowest BCUT2D eigenvalue weighted by Crippen LogP contribution is -2.35. The molecule has 0 bridgehead atoms. The van der Waals surface area contributed by atoms with Crippen molar-refractivity contribution in [1.29, 1.82) is 0 Å². The molecule has 1 saturated carbocycles. The van der Waals surface area contributed by atoms with Crippen molar-refractivity contribution < 1.29 is 14.3 Å². The van der Waals surface area contributed by atoms with Crippen molar-refractivity contribution >= 4 is 28.4 Å². The van der Waals surface area contributed by atoms with E-state index in [-0.39, 0.29) is 17.5 Å². The zero-order valence-electron chi connectivity index (χ0n) is 19.4. The summed E-state index contributed by atoms with van der Waals surface area (Å²) in [5, 5.41) is 5.09. The van der Waals surface area contributed by atoms with Gasteiger partial charge in [0.15, 0.2) is 0 Å². The molecule has 0 spiro atoms. The molecule has 3 N–H and O–H groups in total. The largest absolute Gasteiger partial charge is 0.474 e. The molecule has 1 fully saturated rings. The van der Waals surface area contributed by atoms with E-state index in [1.165, 1.54) is 0 Å². The number of fused-ring (bicyclic) bond motifs is 2. The molecule has 8 nitrogen and oxygen atoms in total. The van der Waals surface area contributed by atoms with Crippen LogP contribution in [-0.4, -0.2) is 33.6 Å². The van der Waals surface area contributed by atoms with Gasteiger partial charge in [-0.3, -0.25) is 0 Å². The van der Waals surface area contributed by atoms with E-state index in [4.69, 9.17) is 20.2 Å². The smallest absolute Gasteiger partial charge is 0.340 e. The maximum atomic E-state index is 12.1. The van der Waals surface area contributed by atoms with Gasteiger partial charge in [0, 0.05) is 23.3 Å². The molecule has 1 unspecified atom stereocenters. The zero-order valence-corrected chi connectivity index (χ0v) is 19.4. The van der Waals surface area contributed by atoms with Gasteiger partial charge in [0.05, 0.1) is 16.6 Å². The Labute approximate surface area is 192 Å². The predicted octanol–water partition coefficient (Wildman–Crippen LogP) is 4.34. The number of carbonyl (C=O) groups is 1. The van der Waals surface area contributed by atoms with Gasteiger partial charge in [0.25, 0.3) is 0 Å². The quantitative estimate of drug-likeness (QED) is 0.537. The predicted molar refractivity (Wildman–Crippen MR) is 126 cm³/mol. The molecule has 3 aromatic rings. The van der Waals surface area contributed by atoms with Crippen LogP contribution in [0.3, 0.4) is 0 Å². The fourth-order valence-electron chi connectivity index (χ4n) is 4.00. The van der Waals surface area contributed by atoms with Crippen LogP contribution < -0.4 is 15.8 Å². The number of esters is 1. The molecular formula is C25H29N5O3. The number of aromatic nitrogens is 3. The normalized spacial score (nSPS) is 18.9. The van der Waals surface area contributed by atoms with Crippen LogP contribution in [0.4, 0.5) is 11.6 Å². The maximum Gasteiger partial charge on any atom is 0.340 e. The second kappa shape index (κ2) is 7.66. The van der Waals surface area contributed by atoms with Crippen LogP contribution in [0.2, 0.25) is 0 Å². The first-order valence-electron chi connectivity index (χ1n) is 11.4. The van der Waals surface area contributed by atoms with Gasteiger partial charge in [-0.1, -0.05) is 20.8 Å². The molecule has 1 aliphatic heterocycles. The Kier molecular flexibility index (Phi) is 5.01. The average Bonchev–Trinajstić information content (AvgIpc) is 3.61. The fourth-order valence-corrected chi connectivity index (χ4v) is 4.00. The van der Waals surface area contributed by atoms with Gasteiger partial charge in [-0.05, 0) is 55.3 Å². The molecule has 1 atom stereocenters. The van der Waals surface area contributed by atoms with E-state index in [1.807, 2.05) is 33.0 Å². The fraction of sp³-hybridized carbons (Fsp3) is 0.440. The third-order valence-electron chi connectivity index (χ3n) is 6.46. The number of nitrogens with one attached hydrogen (secondary N) is 1. The molecule has 5 rings (SSSR count). The number of hydrogen-bond acceptors (Lipinski definition) is 8. The summed E-state index contributed by atoms with van der Waals surface area (Å²) in [6.07, 6.45) is 6.69. The lowest BCUT2D eigenvalue weighted by Gasteiger charge is -2.30. The lowest BCUT2D eigenvalue weighted by atomic mass is 9.85. The first-order valence-corrected chi connectivity index (χ1v) is 11.4. The molecule has 0 amide bonds. The van der Waals surface area contributed by atoms with Gasteiger partial charge in [0.2, 0.25) is 5.88 Å². The van der Waals surface area contributed by atoms with Crippen LogP contribution in [0.25, 0.3) is 10.8 Å². The molecule has 33 heavy (non-hydrogen) atoms. The van der Waals surface area contributed by atoms with E-state index in [9.17, 15) is 4.79 Å². The van der Waals surface area contributed by atoms with E-state index in [0.717, 1.165) is 41.3 Å². The number of nitrogens with zero attached hydrogens (tertiary/aromatic N) is 3. The Morgan fingerprint density at radius 1 is 1.21 bits per heavy atom. The minimum absolute atomic E-state index is 0.231. The molecule has 172 valence electrons. The Morgan fingerprint density at radius 2 is 2.00 bits per heavy atom. The standard InChI is InChI=1S/C25H29N5O3/c1-5-25(4,26)18-12-28-22(33-14-6-7-14)17-11-27-20(10-16(17)18)29-19-9-8-15-21(30-19)24(2,3)13-32-23(15)31/h8-12,14H,5-7,13,26H2,1-4H3,(H,27,29,30). The Morgan fingerprint density at radius 3 is 2.73 bits per heavy atom. The van der Waals surface area contributed by atoms with Crippen LogP contribution in [0, 0.1) is 0 Å². The molecule has 4 heterocycles. The number of pyridine rings is 3. The Bertz CT molecular complexity index is 1250. The van der Waals surface area contributed by atoms with Crippen LogP contribution >= 0.6 is 0 Å². The summed E-state index contributed by atoms with van der Waals surface area (Å²) in [5.41, 5.74) is 7.86. The minimum atomic E-state index is -0.545. The highest BCUT2D eigenvalue weighted by Gasteiger charge is 2.35. The van der Waals surface area contributed by atoms with Crippen LogP contribution in [0.5, 0.6) is 5.88 Å². The number of rotatable bonds is 6. The zero-order chi connectivity index (χ0) is 23.4. The summed E-state index contributed by atoms with van der Waals surface area (Å²) >= 11 is 0. The Hall–Kier alpha value is -3.26. The molecule has 2 aliphatic rings. The number of ether oxygens (including phenoxy) is 2. The van der Waals surface area contributed by atoms with Crippen LogP contribution in [0.1, 0.15) is 68.6 Å². The number of carbonyl (C=O) groups excluding carboxylic acids is 1. The van der Waals surface area contributed by atoms with Gasteiger partial charge >= 0.3 is 5.97 Å². The molecule has 0 aromatic carbocycles. The van der Waals surface area contributed by atoms with Gasteiger partial charge in [0.1, 0.15) is 24.3 Å². The van der Waals surface area contributed by atoms with Crippen molar-refractivity contribution in [3.05, 3.63) is 47.4 Å². The van der Waals surface area contributed by atoms with Crippen molar-refractivity contribution in [2.45, 2.75) is 64.0 Å². The minimum Gasteiger partial charge on any atom is -0.474 e. The molecule has 3 aromatic heterocycles. The summed E-state index contributed by atoms with van der Waals surface area (Å²) in [5.74, 6) is 1.49. The van der Waals surface area contributed by atoms with Gasteiger partial charge < -0.3 is 20.5 Å². The second-order valence-electron chi connectivity index (χ2n) is 9.86. The highest BCUT2D eigenvalue weighted by atomic mass is 16.5. The average molecular weight is 448 g/mol. The van der Waals surface area contributed by atoms with E-state index in [0.29, 0.717) is 29.7 Å². The first kappa shape index (κ1) is 21.6. The van der Waals surface area contributed by atoms with E-state index < -0.39 is 5.54 Å². The van der Waals surface area contributed by atoms with Crippen LogP contribution in [0.15, 0.2) is 30.6 Å². The summed E-state index contributed by atoms with van der Waals surface area (Å²) < 4.78 is 11.3. The maximum absolute atomic E-state index is 12.1. The second-order valence-corrected chi connectivity index (χ2v) is 9.86. The number of nitrogens with two attached hydrogens (primary N) is 1. The van der Waals surface area contributed by atoms with Crippen molar-refractivity contribution in [3.63, 3.8) is 0 Å². The van der Waals surface area contributed by atoms with Gasteiger partial charge in [-0.25, -0.2) is 19.7 Å². The van der Waals surface area contributed by atoms with Crippen molar-refractivity contribution in [3.8, 4) is 5.88 Å². The summed E-state index contributed by atoms with van der Waals surface area (Å²) in [6, 6.07) is 5.48. The molecule has 1 aliphatic carbocycles. The highest BCUT2D eigenvalue weighted by Crippen LogP contribution is 2.37. The summed E-state index contributed by atoms with van der Waals surface area (Å²) in [6.45, 7) is 8.39. The Balaban J connectivity index is 1.55. The number of cyclic esters (lactones) is 1. The topological polar surface area (TPSA) is 112 Å². The first-order chi connectivity index (χ1) is 15.7. The summed E-state index contributed by atoms with van der Waals surface area (Å²) in [7, 11) is 0. The monoisotopic (exact) mass is 447 g/mol. The number of anilines is 2. The van der Waals surface area contributed by atoms with Gasteiger partial charge in [-0.15, -0.1) is 0 Å². The highest BCUT2D eigenvalue weighted by molar-refractivity contribution is 5.93. The van der Waals surface area contributed by atoms with E-state index in [1.54, 1.807) is 18.3 Å². The molecule has 8 heteroatoms.